The van der Waals surface area contributed by atoms with Gasteiger partial charge in [0.1, 0.15) is 6.10 Å². The van der Waals surface area contributed by atoms with Crippen molar-refractivity contribution < 1.29 is 19.4 Å². The largest absolute Gasteiger partial charge is 0.481 e. The second-order valence-corrected chi connectivity index (χ2v) is 10.9. The third kappa shape index (κ3) is 3.29. The zero-order chi connectivity index (χ0) is 19.9. The Balaban J connectivity index is 1.45. The molecule has 0 aliphatic heterocycles. The summed E-state index contributed by atoms with van der Waals surface area (Å²) in [5.74, 6) is 3.31. The van der Waals surface area contributed by atoms with Gasteiger partial charge < -0.3 is 9.84 Å². The van der Waals surface area contributed by atoms with Crippen molar-refractivity contribution in [1.29, 1.82) is 0 Å². The Morgan fingerprint density at radius 1 is 1.04 bits per heavy atom. The van der Waals surface area contributed by atoms with Gasteiger partial charge in [-0.05, 0) is 111 Å². The van der Waals surface area contributed by atoms with E-state index in [1.807, 2.05) is 0 Å². The van der Waals surface area contributed by atoms with Gasteiger partial charge in [0.15, 0.2) is 0 Å². The molecule has 6 unspecified atom stereocenters. The molecule has 1 N–H and O–H groups in total. The van der Waals surface area contributed by atoms with Crippen molar-refractivity contribution in [2.45, 2.75) is 97.0 Å². The summed E-state index contributed by atoms with van der Waals surface area (Å²) in [6.07, 6.45) is 13.7. The predicted octanol–water partition coefficient (Wildman–Crippen LogP) is 5.44. The minimum absolute atomic E-state index is 0.145. The number of fused-ring (bicyclic) bond motifs is 5. The molecular formula is C24H38O4. The molecule has 0 bridgehead atoms. The van der Waals surface area contributed by atoms with E-state index in [0.29, 0.717) is 29.6 Å². The zero-order valence-electron chi connectivity index (χ0n) is 17.7. The first-order valence-corrected chi connectivity index (χ1v) is 11.7. The lowest BCUT2D eigenvalue weighted by Crippen LogP contribution is -2.54. The number of hydrogen-bond acceptors (Lipinski definition) is 3. The summed E-state index contributed by atoms with van der Waals surface area (Å²) in [6.45, 7) is 5.73. The van der Waals surface area contributed by atoms with Crippen LogP contribution in [0.4, 0.5) is 0 Å². The Morgan fingerprint density at radius 3 is 2.54 bits per heavy atom. The van der Waals surface area contributed by atoms with Crippen LogP contribution in [0.3, 0.4) is 0 Å². The molecular weight excluding hydrogens is 352 g/mol. The lowest BCUT2D eigenvalue weighted by molar-refractivity contribution is -0.150. The second-order valence-electron chi connectivity index (χ2n) is 10.9. The van der Waals surface area contributed by atoms with Crippen LogP contribution in [0.2, 0.25) is 0 Å². The highest BCUT2D eigenvalue weighted by Crippen LogP contribution is 2.68. The molecule has 4 aliphatic carbocycles. The average molecular weight is 391 g/mol. The smallest absolute Gasteiger partial charge is 0.303 e. The first-order chi connectivity index (χ1) is 13.4. The molecule has 0 saturated heterocycles. The van der Waals surface area contributed by atoms with Crippen molar-refractivity contribution >= 4 is 12.4 Å². The molecule has 0 amide bonds. The maximum Gasteiger partial charge on any atom is 0.303 e. The quantitative estimate of drug-likeness (QED) is 0.613. The molecule has 4 aliphatic rings. The van der Waals surface area contributed by atoms with Gasteiger partial charge in [-0.1, -0.05) is 13.8 Å². The topological polar surface area (TPSA) is 63.6 Å². The number of carboxylic acids is 1. The molecule has 4 nitrogen and oxygen atoms in total. The van der Waals surface area contributed by atoms with Crippen molar-refractivity contribution in [2.75, 3.05) is 0 Å². The number of carboxylic acid groups (broad SMARTS) is 1. The molecule has 4 heteroatoms. The summed E-state index contributed by atoms with van der Waals surface area (Å²) in [4.78, 5) is 21.7. The normalized spacial score (nSPS) is 47.5. The minimum atomic E-state index is -0.649. The Kier molecular flexibility index (Phi) is 5.52. The number of hydrogen-bond donors (Lipinski definition) is 1. The van der Waals surface area contributed by atoms with Crippen LogP contribution in [0.5, 0.6) is 0 Å². The maximum absolute atomic E-state index is 10.9. The predicted molar refractivity (Wildman–Crippen MR) is 108 cm³/mol. The van der Waals surface area contributed by atoms with Crippen molar-refractivity contribution in [3.8, 4) is 0 Å². The van der Waals surface area contributed by atoms with Crippen LogP contribution < -0.4 is 0 Å². The van der Waals surface area contributed by atoms with Crippen molar-refractivity contribution in [1.82, 2.24) is 0 Å². The van der Waals surface area contributed by atoms with Crippen LogP contribution in [0.15, 0.2) is 0 Å². The van der Waals surface area contributed by atoms with Gasteiger partial charge in [0.25, 0.3) is 6.47 Å². The van der Waals surface area contributed by atoms with Crippen LogP contribution in [-0.4, -0.2) is 23.7 Å². The molecule has 4 rings (SSSR count). The summed E-state index contributed by atoms with van der Waals surface area (Å²) in [5, 5.41) is 9.00. The van der Waals surface area contributed by atoms with Gasteiger partial charge in [-0.25, -0.2) is 0 Å². The molecule has 4 saturated carbocycles. The van der Waals surface area contributed by atoms with E-state index >= 15 is 0 Å². The van der Waals surface area contributed by atoms with Gasteiger partial charge in [-0.2, -0.15) is 0 Å². The first-order valence-electron chi connectivity index (χ1n) is 11.7. The SMILES string of the molecule is CC12CC[C@@H](OC=O)CC1CCC1C2CCC2(C)C1CC[C@@H]2CCCC(=O)O. The van der Waals surface area contributed by atoms with Crippen molar-refractivity contribution in [2.24, 2.45) is 40.4 Å². The number of carbonyl (C=O) groups excluding carboxylic acids is 1. The summed E-state index contributed by atoms with van der Waals surface area (Å²) in [6, 6.07) is 0. The highest BCUT2D eigenvalue weighted by Gasteiger charge is 2.60. The van der Waals surface area contributed by atoms with Crippen molar-refractivity contribution in [3.63, 3.8) is 0 Å². The molecule has 0 radical (unpaired) electrons. The van der Waals surface area contributed by atoms with E-state index < -0.39 is 5.97 Å². The zero-order valence-corrected chi connectivity index (χ0v) is 17.7. The van der Waals surface area contributed by atoms with E-state index in [0.717, 1.165) is 49.4 Å². The van der Waals surface area contributed by atoms with Gasteiger partial charge in [-0.3, -0.25) is 9.59 Å². The fraction of sp³-hybridized carbons (Fsp3) is 0.917. The van der Waals surface area contributed by atoms with E-state index in [-0.39, 0.29) is 6.10 Å². The fourth-order valence-electron chi connectivity index (χ4n) is 8.50. The first kappa shape index (κ1) is 20.2. The number of aliphatic carboxylic acids is 1. The molecule has 4 fully saturated rings. The van der Waals surface area contributed by atoms with Crippen molar-refractivity contribution in [3.05, 3.63) is 0 Å². The molecule has 8 atom stereocenters. The van der Waals surface area contributed by atoms with E-state index in [2.05, 4.69) is 13.8 Å². The Bertz CT molecular complexity index is 603. The van der Waals surface area contributed by atoms with Gasteiger partial charge in [-0.15, -0.1) is 0 Å². The molecule has 158 valence electrons. The standard InChI is InChI=1S/C24H38O4/c1-23-13-11-21-19(20(23)9-7-16(23)4-3-5-22(26)27)8-6-17-14-18(28-15-25)10-12-24(17,21)2/h15-21H,3-14H2,1-2H3,(H,26,27)/t16-,17?,18+,19?,20?,21?,23?,24?/m0/s1. The van der Waals surface area contributed by atoms with Crippen LogP contribution in [0.25, 0.3) is 0 Å². The third-order valence-electron chi connectivity index (χ3n) is 10.0. The van der Waals surface area contributed by atoms with E-state index in [4.69, 9.17) is 9.84 Å². The number of carbonyl (C=O) groups is 2. The molecule has 28 heavy (non-hydrogen) atoms. The lowest BCUT2D eigenvalue weighted by Gasteiger charge is -2.61. The van der Waals surface area contributed by atoms with Gasteiger partial charge in [0, 0.05) is 6.42 Å². The monoisotopic (exact) mass is 390 g/mol. The van der Waals surface area contributed by atoms with Crippen LogP contribution in [-0.2, 0) is 14.3 Å². The van der Waals surface area contributed by atoms with Gasteiger partial charge >= 0.3 is 5.97 Å². The summed E-state index contributed by atoms with van der Waals surface area (Å²) in [5.41, 5.74) is 0.856. The summed E-state index contributed by atoms with van der Waals surface area (Å²) in [7, 11) is 0. The van der Waals surface area contributed by atoms with Crippen LogP contribution in [0, 0.1) is 40.4 Å². The number of ether oxygens (including phenoxy) is 1. The molecule has 0 aromatic carbocycles. The third-order valence-corrected chi connectivity index (χ3v) is 10.0. The minimum Gasteiger partial charge on any atom is -0.481 e. The van der Waals surface area contributed by atoms with E-state index in [1.165, 1.54) is 44.9 Å². The average Bonchev–Trinajstić information content (AvgIpc) is 2.99. The highest BCUT2D eigenvalue weighted by atomic mass is 16.5. The maximum atomic E-state index is 10.9. The highest BCUT2D eigenvalue weighted by molar-refractivity contribution is 5.66. The molecule has 0 aromatic rings. The summed E-state index contributed by atoms with van der Waals surface area (Å²) >= 11 is 0. The molecule has 0 aromatic heterocycles. The van der Waals surface area contributed by atoms with Gasteiger partial charge in [0.2, 0.25) is 0 Å². The van der Waals surface area contributed by atoms with Crippen LogP contribution in [0.1, 0.15) is 90.9 Å². The van der Waals surface area contributed by atoms with E-state index in [9.17, 15) is 9.59 Å². The lowest BCUT2D eigenvalue weighted by atomic mass is 9.44. The molecule has 0 spiro atoms. The number of rotatable bonds is 6. The fourth-order valence-corrected chi connectivity index (χ4v) is 8.50. The Morgan fingerprint density at radius 2 is 1.79 bits per heavy atom. The molecule has 0 heterocycles. The van der Waals surface area contributed by atoms with Gasteiger partial charge in [0.05, 0.1) is 0 Å². The van der Waals surface area contributed by atoms with E-state index in [1.54, 1.807) is 0 Å². The Hall–Kier alpha value is -1.06. The second kappa shape index (κ2) is 7.65. The Labute approximate surface area is 169 Å². The summed E-state index contributed by atoms with van der Waals surface area (Å²) < 4.78 is 5.34. The van der Waals surface area contributed by atoms with Crippen LogP contribution >= 0.6 is 0 Å².